The number of hydrogen-bond acceptors (Lipinski definition) is 4. The third-order valence-corrected chi connectivity index (χ3v) is 5.62. The summed E-state index contributed by atoms with van der Waals surface area (Å²) in [7, 11) is 1.24. The lowest BCUT2D eigenvalue weighted by Gasteiger charge is -2.44. The zero-order valence-corrected chi connectivity index (χ0v) is 18.8. The summed E-state index contributed by atoms with van der Waals surface area (Å²) >= 11 is 5.66. The van der Waals surface area contributed by atoms with Gasteiger partial charge in [0.15, 0.2) is 5.78 Å². The molecule has 0 saturated carbocycles. The van der Waals surface area contributed by atoms with Crippen molar-refractivity contribution < 1.29 is 32.6 Å². The number of ether oxygens (including phenoxy) is 1. The average molecular weight is 469 g/mol. The van der Waals surface area contributed by atoms with Gasteiger partial charge in [0.1, 0.15) is 5.60 Å². The lowest BCUT2D eigenvalue weighted by Crippen LogP contribution is -2.48. The summed E-state index contributed by atoms with van der Waals surface area (Å²) in [5, 5.41) is 11.1. The van der Waals surface area contributed by atoms with Crippen LogP contribution >= 0.6 is 11.6 Å². The van der Waals surface area contributed by atoms with Crippen LogP contribution in [0.25, 0.3) is 6.08 Å². The van der Waals surface area contributed by atoms with Crippen molar-refractivity contribution in [2.75, 3.05) is 7.11 Å². The van der Waals surface area contributed by atoms with Crippen molar-refractivity contribution in [3.8, 4) is 0 Å². The van der Waals surface area contributed by atoms with E-state index in [-0.39, 0.29) is 23.3 Å². The van der Waals surface area contributed by atoms with Crippen LogP contribution < -0.4 is 0 Å². The number of benzene rings is 1. The number of methoxy groups -OCH3 is 1. The Morgan fingerprint density at radius 2 is 1.91 bits per heavy atom. The van der Waals surface area contributed by atoms with Crippen molar-refractivity contribution in [3.63, 3.8) is 0 Å². The molecule has 0 fully saturated rings. The standard InChI is InChI=1S/C24H24ClF3O4/c1-15(11-21(30)32-4)9-10-23(31)17(13-18(29)14-22(23,2)3)7-5-16-6-8-20(25)19(12-16)24(26,27)28/h5-13,31H,14H2,1-4H3/b7-5+,10-9+,15-11-/t23-/m1/s1. The average Bonchev–Trinajstić information content (AvgIpc) is 2.67. The fourth-order valence-corrected chi connectivity index (χ4v) is 3.61. The first-order valence-electron chi connectivity index (χ1n) is 9.67. The minimum Gasteiger partial charge on any atom is -0.466 e. The van der Waals surface area contributed by atoms with E-state index in [1.807, 2.05) is 0 Å². The molecule has 0 aliphatic heterocycles. The van der Waals surface area contributed by atoms with Gasteiger partial charge in [-0.05, 0) is 47.9 Å². The Kier molecular flexibility index (Phi) is 7.58. The minimum atomic E-state index is -4.62. The van der Waals surface area contributed by atoms with E-state index in [0.717, 1.165) is 12.1 Å². The van der Waals surface area contributed by atoms with Crippen LogP contribution in [0.2, 0.25) is 5.02 Å². The highest BCUT2D eigenvalue weighted by Gasteiger charge is 2.47. The van der Waals surface area contributed by atoms with Gasteiger partial charge in [-0.3, -0.25) is 4.79 Å². The summed E-state index contributed by atoms with van der Waals surface area (Å²) in [6.45, 7) is 5.06. The molecular weight excluding hydrogens is 445 g/mol. The maximum absolute atomic E-state index is 13.1. The predicted octanol–water partition coefficient (Wildman–Crippen LogP) is 5.70. The van der Waals surface area contributed by atoms with E-state index in [1.165, 1.54) is 49.6 Å². The highest BCUT2D eigenvalue weighted by Crippen LogP contribution is 2.45. The summed E-state index contributed by atoms with van der Waals surface area (Å²) in [4.78, 5) is 23.7. The second kappa shape index (κ2) is 9.46. The molecule has 1 atom stereocenters. The number of aliphatic hydroxyl groups is 1. The lowest BCUT2D eigenvalue weighted by molar-refractivity contribution is -0.137. The molecule has 1 aromatic carbocycles. The Morgan fingerprint density at radius 3 is 2.50 bits per heavy atom. The summed E-state index contributed by atoms with van der Waals surface area (Å²) < 4.78 is 44.0. The molecule has 0 bridgehead atoms. The smallest absolute Gasteiger partial charge is 0.417 e. The van der Waals surface area contributed by atoms with Crippen molar-refractivity contribution in [2.24, 2.45) is 5.41 Å². The number of hydrogen-bond donors (Lipinski definition) is 1. The summed E-state index contributed by atoms with van der Waals surface area (Å²) in [5.41, 5.74) is -2.60. The first-order chi connectivity index (χ1) is 14.7. The molecule has 0 spiro atoms. The maximum Gasteiger partial charge on any atom is 0.417 e. The molecule has 0 saturated heterocycles. The number of halogens is 4. The predicted molar refractivity (Wildman–Crippen MR) is 117 cm³/mol. The van der Waals surface area contributed by atoms with Crippen molar-refractivity contribution in [1.29, 1.82) is 0 Å². The second-order valence-electron chi connectivity index (χ2n) is 8.21. The third kappa shape index (κ3) is 5.78. The van der Waals surface area contributed by atoms with Gasteiger partial charge in [-0.25, -0.2) is 4.79 Å². The number of allylic oxidation sites excluding steroid dienone is 3. The van der Waals surface area contributed by atoms with Gasteiger partial charge in [0.25, 0.3) is 0 Å². The van der Waals surface area contributed by atoms with E-state index in [9.17, 15) is 27.9 Å². The highest BCUT2D eigenvalue weighted by atomic mass is 35.5. The van der Waals surface area contributed by atoms with Crippen LogP contribution in [-0.2, 0) is 20.5 Å². The Bertz CT molecular complexity index is 1030. The fraction of sp³-hybridized carbons (Fsp3) is 0.333. The monoisotopic (exact) mass is 468 g/mol. The lowest BCUT2D eigenvalue weighted by atomic mass is 9.64. The Morgan fingerprint density at radius 1 is 1.25 bits per heavy atom. The summed E-state index contributed by atoms with van der Waals surface area (Å²) in [6.07, 6.45) is 3.74. The van der Waals surface area contributed by atoms with Crippen molar-refractivity contribution in [1.82, 2.24) is 0 Å². The number of carbonyl (C=O) groups is 2. The van der Waals surface area contributed by atoms with E-state index in [2.05, 4.69) is 4.74 Å². The minimum absolute atomic E-state index is 0.0596. The van der Waals surface area contributed by atoms with Crippen molar-refractivity contribution >= 4 is 29.4 Å². The van der Waals surface area contributed by atoms with E-state index in [4.69, 9.17) is 11.6 Å². The second-order valence-corrected chi connectivity index (χ2v) is 8.62. The third-order valence-electron chi connectivity index (χ3n) is 5.29. The molecule has 0 unspecified atom stereocenters. The number of rotatable bonds is 5. The first kappa shape index (κ1) is 25.6. The van der Waals surface area contributed by atoms with Crippen LogP contribution in [-0.4, -0.2) is 29.6 Å². The van der Waals surface area contributed by atoms with E-state index >= 15 is 0 Å². The molecule has 1 aromatic rings. The number of ketones is 1. The topological polar surface area (TPSA) is 63.6 Å². The van der Waals surface area contributed by atoms with Gasteiger partial charge in [0.05, 0.1) is 17.7 Å². The van der Waals surface area contributed by atoms with Crippen molar-refractivity contribution in [3.05, 3.63) is 75.9 Å². The van der Waals surface area contributed by atoms with Gasteiger partial charge >= 0.3 is 12.1 Å². The maximum atomic E-state index is 13.1. The van der Waals surface area contributed by atoms with E-state index in [0.29, 0.717) is 5.57 Å². The zero-order valence-electron chi connectivity index (χ0n) is 18.1. The molecule has 0 radical (unpaired) electrons. The molecule has 0 amide bonds. The van der Waals surface area contributed by atoms with Gasteiger partial charge in [-0.1, -0.05) is 49.7 Å². The summed E-state index contributed by atoms with van der Waals surface area (Å²) in [6, 6.07) is 3.44. The number of esters is 1. The number of carbonyl (C=O) groups excluding carboxylic acids is 2. The molecule has 32 heavy (non-hydrogen) atoms. The zero-order chi connectivity index (χ0) is 24.3. The molecule has 4 nitrogen and oxygen atoms in total. The van der Waals surface area contributed by atoms with Gasteiger partial charge < -0.3 is 9.84 Å². The van der Waals surface area contributed by atoms with Gasteiger partial charge in [-0.2, -0.15) is 13.2 Å². The van der Waals surface area contributed by atoms with Crippen LogP contribution in [0.4, 0.5) is 13.2 Å². The Balaban J connectivity index is 2.49. The molecule has 0 aromatic heterocycles. The van der Waals surface area contributed by atoms with Crippen LogP contribution in [0, 0.1) is 5.41 Å². The highest BCUT2D eigenvalue weighted by molar-refractivity contribution is 6.31. The van der Waals surface area contributed by atoms with E-state index in [1.54, 1.807) is 20.8 Å². The summed E-state index contributed by atoms with van der Waals surface area (Å²) in [5.74, 6) is -0.780. The van der Waals surface area contributed by atoms with E-state index < -0.39 is 33.7 Å². The van der Waals surface area contributed by atoms with Gasteiger partial charge in [-0.15, -0.1) is 0 Å². The first-order valence-corrected chi connectivity index (χ1v) is 10.0. The SMILES string of the molecule is COC(=O)/C=C(C)\C=C\[C@@]1(O)C(/C=C/c2ccc(Cl)c(C(F)(F)F)c2)=CC(=O)CC1(C)C. The fourth-order valence-electron chi connectivity index (χ4n) is 3.39. The van der Waals surface area contributed by atoms with Crippen LogP contribution in [0.5, 0.6) is 0 Å². The Labute approximate surface area is 189 Å². The molecule has 1 aliphatic carbocycles. The molecule has 0 heterocycles. The molecule has 1 aliphatic rings. The number of alkyl halides is 3. The largest absolute Gasteiger partial charge is 0.466 e. The molecule has 172 valence electrons. The van der Waals surface area contributed by atoms with Crippen LogP contribution in [0.3, 0.4) is 0 Å². The quantitative estimate of drug-likeness (QED) is 0.342. The van der Waals surface area contributed by atoms with Crippen LogP contribution in [0.1, 0.15) is 38.3 Å². The molecule has 8 heteroatoms. The Hall–Kier alpha value is -2.64. The van der Waals surface area contributed by atoms with Gasteiger partial charge in [0.2, 0.25) is 0 Å². The van der Waals surface area contributed by atoms with Crippen LogP contribution in [0.15, 0.2) is 59.7 Å². The normalized spacial score (nSPS) is 21.8. The molecule has 1 N–H and O–H groups in total. The van der Waals surface area contributed by atoms with Crippen molar-refractivity contribution in [2.45, 2.75) is 39.0 Å². The van der Waals surface area contributed by atoms with Gasteiger partial charge in [0, 0.05) is 17.9 Å². The molecule has 2 rings (SSSR count). The molecular formula is C24H24ClF3O4.